The summed E-state index contributed by atoms with van der Waals surface area (Å²) < 4.78 is 5.72. The van der Waals surface area contributed by atoms with Gasteiger partial charge in [0.05, 0.1) is 17.2 Å². The predicted molar refractivity (Wildman–Crippen MR) is 134 cm³/mol. The van der Waals surface area contributed by atoms with Gasteiger partial charge in [-0.3, -0.25) is 10.1 Å². The minimum absolute atomic E-state index is 0.159. The summed E-state index contributed by atoms with van der Waals surface area (Å²) in [5.74, 6) is -0.511. The second kappa shape index (κ2) is 13.5. The summed E-state index contributed by atoms with van der Waals surface area (Å²) >= 11 is 1.21. The van der Waals surface area contributed by atoms with Gasteiger partial charge in [-0.2, -0.15) is 5.11 Å². The van der Waals surface area contributed by atoms with E-state index in [1.54, 1.807) is 11.4 Å². The summed E-state index contributed by atoms with van der Waals surface area (Å²) in [4.78, 5) is 29.4. The Balaban J connectivity index is 1.58. The zero-order valence-corrected chi connectivity index (χ0v) is 20.0. The Morgan fingerprint density at radius 3 is 2.69 bits per heavy atom. The van der Waals surface area contributed by atoms with Crippen LogP contribution in [-0.2, 0) is 11.2 Å². The molecule has 0 saturated carbocycles. The number of unbranched alkanes of at least 4 members (excludes halogenated alkanes) is 2. The van der Waals surface area contributed by atoms with Gasteiger partial charge in [0.1, 0.15) is 5.75 Å². The van der Waals surface area contributed by atoms with Crippen LogP contribution >= 0.6 is 11.3 Å². The van der Waals surface area contributed by atoms with E-state index in [-0.39, 0.29) is 22.8 Å². The Morgan fingerprint density at radius 1 is 1.19 bits per heavy atom. The third-order valence-electron chi connectivity index (χ3n) is 5.05. The lowest BCUT2D eigenvalue weighted by atomic mass is 10.0. The van der Waals surface area contributed by atoms with E-state index in [0.717, 1.165) is 30.6 Å². The third kappa shape index (κ3) is 7.86. The van der Waals surface area contributed by atoms with E-state index in [1.165, 1.54) is 29.5 Å². The van der Waals surface area contributed by atoms with Crippen molar-refractivity contribution in [1.29, 1.82) is 0 Å². The first-order chi connectivity index (χ1) is 17.5. The van der Waals surface area contributed by atoms with Crippen molar-refractivity contribution in [3.05, 3.63) is 80.0 Å². The van der Waals surface area contributed by atoms with Gasteiger partial charge in [0.15, 0.2) is 6.04 Å². The number of rotatable bonds is 14. The van der Waals surface area contributed by atoms with E-state index in [2.05, 4.69) is 25.2 Å². The molecule has 3 rings (SSSR count). The highest BCUT2D eigenvalue weighted by atomic mass is 32.1. The number of thiazole rings is 1. The number of aromatic nitrogens is 1. The fourth-order valence-electron chi connectivity index (χ4n) is 3.23. The molecule has 12 nitrogen and oxygen atoms in total. The molecule has 0 aliphatic heterocycles. The number of carboxylic acid groups (broad SMARTS) is 1. The SMILES string of the molecule is [N-]=[N+]=NCCCCCOc1ccc(-c2csc(N=NC(Cc3ccccc3[N+](=O)[O-])C(=O)O)n2)cc1. The molecule has 1 atom stereocenters. The number of nitrogens with zero attached hydrogens (tertiary/aromatic N) is 7. The minimum Gasteiger partial charge on any atom is -0.494 e. The van der Waals surface area contributed by atoms with E-state index in [1.807, 2.05) is 24.3 Å². The monoisotopic (exact) mass is 509 g/mol. The Labute approximate surface area is 210 Å². The smallest absolute Gasteiger partial charge is 0.330 e. The molecule has 0 radical (unpaired) electrons. The van der Waals surface area contributed by atoms with Crippen LogP contribution in [0.5, 0.6) is 5.75 Å². The first-order valence-corrected chi connectivity index (χ1v) is 11.9. The van der Waals surface area contributed by atoms with Gasteiger partial charge in [-0.1, -0.05) is 23.3 Å². The molecule has 2 aromatic carbocycles. The van der Waals surface area contributed by atoms with Gasteiger partial charge in [0.2, 0.25) is 5.13 Å². The zero-order chi connectivity index (χ0) is 25.8. The van der Waals surface area contributed by atoms with Crippen LogP contribution in [-0.4, -0.2) is 40.2 Å². The average molecular weight is 510 g/mol. The minimum atomic E-state index is -1.28. The maximum Gasteiger partial charge on any atom is 0.330 e. The van der Waals surface area contributed by atoms with Crippen molar-refractivity contribution in [2.45, 2.75) is 31.7 Å². The van der Waals surface area contributed by atoms with Gasteiger partial charge in [-0.05, 0) is 49.1 Å². The number of nitro benzene ring substituents is 1. The molecule has 3 aromatic rings. The number of hydrogen-bond acceptors (Lipinski definition) is 9. The number of benzene rings is 2. The largest absolute Gasteiger partial charge is 0.494 e. The molecule has 36 heavy (non-hydrogen) atoms. The Kier molecular flexibility index (Phi) is 9.86. The van der Waals surface area contributed by atoms with Gasteiger partial charge in [-0.15, -0.1) is 16.5 Å². The van der Waals surface area contributed by atoms with Crippen LogP contribution in [0.1, 0.15) is 24.8 Å². The summed E-state index contributed by atoms with van der Waals surface area (Å²) in [6.07, 6.45) is 2.44. The summed E-state index contributed by atoms with van der Waals surface area (Å²) in [5.41, 5.74) is 9.85. The van der Waals surface area contributed by atoms with E-state index in [0.29, 0.717) is 18.8 Å². The molecule has 186 valence electrons. The van der Waals surface area contributed by atoms with E-state index in [9.17, 15) is 20.0 Å². The molecule has 1 aromatic heterocycles. The fourth-order valence-corrected chi connectivity index (χ4v) is 3.88. The van der Waals surface area contributed by atoms with E-state index in [4.69, 9.17) is 10.3 Å². The van der Waals surface area contributed by atoms with Crippen LogP contribution < -0.4 is 4.74 Å². The molecule has 13 heteroatoms. The second-order valence-electron chi connectivity index (χ2n) is 7.56. The van der Waals surface area contributed by atoms with Gasteiger partial charge in [0, 0.05) is 40.5 Å². The number of azide groups is 1. The Morgan fingerprint density at radius 2 is 1.97 bits per heavy atom. The maximum atomic E-state index is 11.6. The maximum absolute atomic E-state index is 11.6. The van der Waals surface area contributed by atoms with Gasteiger partial charge < -0.3 is 9.84 Å². The molecule has 0 saturated heterocycles. The molecule has 0 fully saturated rings. The van der Waals surface area contributed by atoms with Crippen molar-refractivity contribution < 1.29 is 19.6 Å². The van der Waals surface area contributed by atoms with Crippen LogP contribution in [0.25, 0.3) is 21.7 Å². The summed E-state index contributed by atoms with van der Waals surface area (Å²) in [5, 5.41) is 34.1. The average Bonchev–Trinajstić information content (AvgIpc) is 3.35. The number of nitro groups is 1. The van der Waals surface area contributed by atoms with Crippen molar-refractivity contribution in [1.82, 2.24) is 4.98 Å². The quantitative estimate of drug-likeness (QED) is 0.0660. The van der Waals surface area contributed by atoms with Crippen LogP contribution in [0.3, 0.4) is 0 Å². The fraction of sp³-hybridized carbons (Fsp3) is 0.304. The number of para-hydroxylation sites is 1. The molecule has 1 N–H and O–H groups in total. The molecule has 0 aliphatic rings. The standard InChI is InChI=1S/C23H23N7O5S/c24-29-25-12-4-1-5-13-35-18-10-8-16(9-11-18)20-15-36-23(26-20)28-27-19(22(31)32)14-17-6-2-3-7-21(17)30(33)34/h2-3,6-11,15,19H,1,4-5,12-14H2,(H,31,32). The van der Waals surface area contributed by atoms with E-state index >= 15 is 0 Å². The molecule has 0 bridgehead atoms. The van der Waals surface area contributed by atoms with Gasteiger partial charge >= 0.3 is 5.97 Å². The molecule has 0 amide bonds. The van der Waals surface area contributed by atoms with Crippen molar-refractivity contribution in [3.8, 4) is 17.0 Å². The topological polar surface area (TPSA) is 176 Å². The zero-order valence-electron chi connectivity index (χ0n) is 19.1. The summed E-state index contributed by atoms with van der Waals surface area (Å²) in [7, 11) is 0. The van der Waals surface area contributed by atoms with Crippen molar-refractivity contribution in [2.75, 3.05) is 13.2 Å². The van der Waals surface area contributed by atoms with Crippen LogP contribution in [0, 0.1) is 10.1 Å². The van der Waals surface area contributed by atoms with E-state index < -0.39 is 16.9 Å². The lowest BCUT2D eigenvalue weighted by Gasteiger charge is -2.06. The number of azo groups is 1. The van der Waals surface area contributed by atoms with Gasteiger partial charge in [0.25, 0.3) is 5.69 Å². The highest BCUT2D eigenvalue weighted by Crippen LogP contribution is 2.29. The summed E-state index contributed by atoms with van der Waals surface area (Å²) in [6, 6.07) is 12.1. The van der Waals surface area contributed by atoms with Crippen LogP contribution in [0.4, 0.5) is 10.8 Å². The Hall–Kier alpha value is -4.35. The molecule has 1 heterocycles. The lowest BCUT2D eigenvalue weighted by Crippen LogP contribution is -2.20. The molecular weight excluding hydrogens is 486 g/mol. The van der Waals surface area contributed by atoms with Gasteiger partial charge in [-0.25, -0.2) is 9.78 Å². The second-order valence-corrected chi connectivity index (χ2v) is 8.40. The molecular formula is C23H23N7O5S. The number of hydrogen-bond donors (Lipinski definition) is 1. The number of carbonyl (C=O) groups is 1. The number of carboxylic acids is 1. The van der Waals surface area contributed by atoms with Crippen LogP contribution in [0.2, 0.25) is 0 Å². The molecule has 1 unspecified atom stereocenters. The van der Waals surface area contributed by atoms with Crippen molar-refractivity contribution in [3.63, 3.8) is 0 Å². The predicted octanol–water partition coefficient (Wildman–Crippen LogP) is 6.36. The number of ether oxygens (including phenoxy) is 1. The van der Waals surface area contributed by atoms with Crippen molar-refractivity contribution >= 4 is 28.1 Å². The lowest BCUT2D eigenvalue weighted by molar-refractivity contribution is -0.385. The molecule has 0 aliphatic carbocycles. The number of aliphatic carboxylic acids is 1. The highest BCUT2D eigenvalue weighted by molar-refractivity contribution is 7.13. The van der Waals surface area contributed by atoms with Crippen LogP contribution in [0.15, 0.2) is 69.3 Å². The molecule has 0 spiro atoms. The summed E-state index contributed by atoms with van der Waals surface area (Å²) in [6.45, 7) is 1.06. The normalized spacial score (nSPS) is 11.7. The van der Waals surface area contributed by atoms with Crippen molar-refractivity contribution in [2.24, 2.45) is 15.3 Å². The third-order valence-corrected chi connectivity index (χ3v) is 5.77. The first kappa shape index (κ1) is 26.3. The Bertz CT molecular complexity index is 1260. The first-order valence-electron chi connectivity index (χ1n) is 11.0. The highest BCUT2D eigenvalue weighted by Gasteiger charge is 2.22.